The normalized spacial score (nSPS) is 14.3. The van der Waals surface area contributed by atoms with Crippen LogP contribution in [0.3, 0.4) is 0 Å². The van der Waals surface area contributed by atoms with Gasteiger partial charge in [-0.25, -0.2) is 4.98 Å². The first-order chi connectivity index (χ1) is 13.2. The van der Waals surface area contributed by atoms with E-state index in [9.17, 15) is 4.79 Å². The Hall–Kier alpha value is -2.93. The SMILES string of the molecule is Cc1nc(OCCNC(=O)C=Cc2ccccc2)cc(N2CCOCC2)n1. The van der Waals surface area contributed by atoms with E-state index in [4.69, 9.17) is 9.47 Å². The standard InChI is InChI=1S/C20H24N4O3/c1-16-22-18(24-10-13-26-14-11-24)15-20(23-16)27-12-9-21-19(25)8-7-17-5-3-2-4-6-17/h2-8,15H,9-14H2,1H3,(H,21,25). The van der Waals surface area contributed by atoms with Crippen LogP contribution in [0, 0.1) is 6.92 Å². The summed E-state index contributed by atoms with van der Waals surface area (Å²) in [7, 11) is 0. The Morgan fingerprint density at radius 3 is 2.81 bits per heavy atom. The van der Waals surface area contributed by atoms with Crippen molar-refractivity contribution in [1.29, 1.82) is 0 Å². The van der Waals surface area contributed by atoms with Gasteiger partial charge in [0.25, 0.3) is 0 Å². The fraction of sp³-hybridized carbons (Fsp3) is 0.350. The van der Waals surface area contributed by atoms with E-state index in [1.54, 1.807) is 6.08 Å². The van der Waals surface area contributed by atoms with Crippen LogP contribution < -0.4 is 15.0 Å². The summed E-state index contributed by atoms with van der Waals surface area (Å²) in [6.07, 6.45) is 3.29. The Morgan fingerprint density at radius 2 is 2.04 bits per heavy atom. The van der Waals surface area contributed by atoms with Crippen LogP contribution in [0.25, 0.3) is 6.08 Å². The molecule has 0 aliphatic carbocycles. The molecule has 3 rings (SSSR count). The maximum Gasteiger partial charge on any atom is 0.244 e. The van der Waals surface area contributed by atoms with Crippen molar-refractivity contribution in [2.45, 2.75) is 6.92 Å². The van der Waals surface area contributed by atoms with Crippen LogP contribution in [0.1, 0.15) is 11.4 Å². The molecule has 1 amide bonds. The highest BCUT2D eigenvalue weighted by molar-refractivity contribution is 5.91. The maximum atomic E-state index is 11.8. The lowest BCUT2D eigenvalue weighted by atomic mass is 10.2. The number of hydrogen-bond donors (Lipinski definition) is 1. The van der Waals surface area contributed by atoms with Gasteiger partial charge >= 0.3 is 0 Å². The van der Waals surface area contributed by atoms with E-state index in [1.807, 2.05) is 43.3 Å². The van der Waals surface area contributed by atoms with E-state index in [0.29, 0.717) is 38.1 Å². The average molecular weight is 368 g/mol. The number of aryl methyl sites for hydroxylation is 1. The predicted octanol–water partition coefficient (Wildman–Crippen LogP) is 1.83. The molecule has 1 aliphatic rings. The van der Waals surface area contributed by atoms with Crippen molar-refractivity contribution in [3.8, 4) is 5.88 Å². The van der Waals surface area contributed by atoms with Gasteiger partial charge in [-0.2, -0.15) is 4.98 Å². The molecule has 0 saturated carbocycles. The Labute approximate surface area is 159 Å². The van der Waals surface area contributed by atoms with Crippen molar-refractivity contribution < 1.29 is 14.3 Å². The number of benzene rings is 1. The molecule has 1 aliphatic heterocycles. The molecular formula is C20H24N4O3. The minimum Gasteiger partial charge on any atom is -0.476 e. The fourth-order valence-electron chi connectivity index (χ4n) is 2.68. The number of hydrogen-bond acceptors (Lipinski definition) is 6. The number of rotatable bonds is 7. The Kier molecular flexibility index (Phi) is 6.76. The number of morpholine rings is 1. The molecule has 7 nitrogen and oxygen atoms in total. The Morgan fingerprint density at radius 1 is 1.26 bits per heavy atom. The monoisotopic (exact) mass is 368 g/mol. The number of amides is 1. The highest BCUT2D eigenvalue weighted by atomic mass is 16.5. The van der Waals surface area contributed by atoms with E-state index < -0.39 is 0 Å². The van der Waals surface area contributed by atoms with Gasteiger partial charge in [0.1, 0.15) is 18.2 Å². The van der Waals surface area contributed by atoms with E-state index in [-0.39, 0.29) is 5.91 Å². The van der Waals surface area contributed by atoms with Gasteiger partial charge in [-0.3, -0.25) is 4.79 Å². The maximum absolute atomic E-state index is 11.8. The molecule has 27 heavy (non-hydrogen) atoms. The van der Waals surface area contributed by atoms with Crippen molar-refractivity contribution in [3.63, 3.8) is 0 Å². The third-order valence-corrected chi connectivity index (χ3v) is 4.01. The second kappa shape index (κ2) is 9.68. The van der Waals surface area contributed by atoms with E-state index in [0.717, 1.165) is 24.5 Å². The molecule has 1 aromatic carbocycles. The zero-order valence-electron chi connectivity index (χ0n) is 15.4. The summed E-state index contributed by atoms with van der Waals surface area (Å²) in [6.45, 7) is 5.58. The van der Waals surface area contributed by atoms with Crippen LogP contribution >= 0.6 is 0 Å². The number of carbonyl (C=O) groups excluding carboxylic acids is 1. The first-order valence-electron chi connectivity index (χ1n) is 9.03. The summed E-state index contributed by atoms with van der Waals surface area (Å²) in [5, 5.41) is 2.79. The van der Waals surface area contributed by atoms with Gasteiger partial charge in [0.05, 0.1) is 19.8 Å². The lowest BCUT2D eigenvalue weighted by Gasteiger charge is -2.28. The molecule has 1 N–H and O–H groups in total. The summed E-state index contributed by atoms with van der Waals surface area (Å²) in [5.41, 5.74) is 0.982. The quantitative estimate of drug-likeness (QED) is 0.594. The number of carbonyl (C=O) groups is 1. The van der Waals surface area contributed by atoms with Crippen LogP contribution in [0.15, 0.2) is 42.5 Å². The van der Waals surface area contributed by atoms with Gasteiger partial charge in [-0.15, -0.1) is 0 Å². The van der Waals surface area contributed by atoms with Gasteiger partial charge < -0.3 is 19.7 Å². The van der Waals surface area contributed by atoms with Crippen LogP contribution in [0.5, 0.6) is 5.88 Å². The molecule has 0 spiro atoms. The fourth-order valence-corrected chi connectivity index (χ4v) is 2.68. The van der Waals surface area contributed by atoms with Gasteiger partial charge in [0, 0.05) is 25.2 Å². The second-order valence-corrected chi connectivity index (χ2v) is 6.09. The van der Waals surface area contributed by atoms with Crippen molar-refractivity contribution in [3.05, 3.63) is 53.9 Å². The van der Waals surface area contributed by atoms with Gasteiger partial charge in [0.15, 0.2) is 0 Å². The van der Waals surface area contributed by atoms with Crippen molar-refractivity contribution in [2.24, 2.45) is 0 Å². The number of anilines is 1. The van der Waals surface area contributed by atoms with Gasteiger partial charge in [-0.1, -0.05) is 30.3 Å². The molecule has 7 heteroatoms. The lowest BCUT2D eigenvalue weighted by molar-refractivity contribution is -0.116. The molecule has 0 unspecified atom stereocenters. The second-order valence-electron chi connectivity index (χ2n) is 6.09. The molecular weight excluding hydrogens is 344 g/mol. The highest BCUT2D eigenvalue weighted by Gasteiger charge is 2.14. The number of nitrogens with zero attached hydrogens (tertiary/aromatic N) is 3. The summed E-state index contributed by atoms with van der Waals surface area (Å²) in [6, 6.07) is 11.5. The molecule has 0 bridgehead atoms. The first-order valence-corrected chi connectivity index (χ1v) is 9.03. The van der Waals surface area contributed by atoms with E-state index >= 15 is 0 Å². The van der Waals surface area contributed by atoms with Crippen LogP contribution in [-0.4, -0.2) is 55.3 Å². The van der Waals surface area contributed by atoms with Gasteiger partial charge in [-0.05, 0) is 18.6 Å². The Balaban J connectivity index is 1.45. The zero-order chi connectivity index (χ0) is 18.9. The van der Waals surface area contributed by atoms with Gasteiger partial charge in [0.2, 0.25) is 11.8 Å². The molecule has 0 atom stereocenters. The van der Waals surface area contributed by atoms with Crippen molar-refractivity contribution >= 4 is 17.8 Å². The number of ether oxygens (including phenoxy) is 2. The minimum atomic E-state index is -0.157. The molecule has 0 radical (unpaired) electrons. The lowest BCUT2D eigenvalue weighted by Crippen LogP contribution is -2.37. The molecule has 2 heterocycles. The first kappa shape index (κ1) is 18.8. The smallest absolute Gasteiger partial charge is 0.244 e. The predicted molar refractivity (Wildman–Crippen MR) is 104 cm³/mol. The summed E-state index contributed by atoms with van der Waals surface area (Å²) in [4.78, 5) is 22.8. The van der Waals surface area contributed by atoms with Crippen molar-refractivity contribution in [1.82, 2.24) is 15.3 Å². The molecule has 1 aromatic heterocycles. The Bertz CT molecular complexity index is 774. The molecule has 1 saturated heterocycles. The average Bonchev–Trinajstić information content (AvgIpc) is 2.71. The topological polar surface area (TPSA) is 76.6 Å². The largest absolute Gasteiger partial charge is 0.476 e. The van der Waals surface area contributed by atoms with Crippen LogP contribution in [0.4, 0.5) is 5.82 Å². The zero-order valence-corrected chi connectivity index (χ0v) is 15.4. The van der Waals surface area contributed by atoms with Crippen LogP contribution in [0.2, 0.25) is 0 Å². The summed E-state index contributed by atoms with van der Waals surface area (Å²) >= 11 is 0. The number of nitrogens with one attached hydrogen (secondary N) is 1. The highest BCUT2D eigenvalue weighted by Crippen LogP contribution is 2.18. The van der Waals surface area contributed by atoms with Crippen LogP contribution in [-0.2, 0) is 9.53 Å². The van der Waals surface area contributed by atoms with E-state index in [1.165, 1.54) is 6.08 Å². The summed E-state index contributed by atoms with van der Waals surface area (Å²) < 4.78 is 11.1. The minimum absolute atomic E-state index is 0.157. The molecule has 1 fully saturated rings. The van der Waals surface area contributed by atoms with Crippen molar-refractivity contribution in [2.75, 3.05) is 44.4 Å². The van der Waals surface area contributed by atoms with E-state index in [2.05, 4.69) is 20.2 Å². The number of aromatic nitrogens is 2. The molecule has 2 aromatic rings. The third-order valence-electron chi connectivity index (χ3n) is 4.01. The third kappa shape index (κ3) is 6.07. The molecule has 142 valence electrons. The summed E-state index contributed by atoms with van der Waals surface area (Å²) in [5.74, 6) is 1.85.